The van der Waals surface area contributed by atoms with Gasteiger partial charge in [0.1, 0.15) is 11.6 Å². The van der Waals surface area contributed by atoms with Gasteiger partial charge in [-0.25, -0.2) is 0 Å². The second-order valence-electron chi connectivity index (χ2n) is 5.07. The van der Waals surface area contributed by atoms with Gasteiger partial charge in [-0.3, -0.25) is 9.59 Å². The number of aliphatic hydroxyl groups excluding tert-OH is 1. The van der Waals surface area contributed by atoms with E-state index in [2.05, 4.69) is 0 Å². The van der Waals surface area contributed by atoms with E-state index in [1.54, 1.807) is 0 Å². The molecule has 0 aromatic rings. The summed E-state index contributed by atoms with van der Waals surface area (Å²) in [4.78, 5) is 23.4. The number of hydrogen-bond donors (Lipinski definition) is 1. The molecule has 6 bridgehead atoms. The Morgan fingerprint density at radius 1 is 1.23 bits per heavy atom. The summed E-state index contributed by atoms with van der Waals surface area (Å²) in [5.74, 6) is 0.906. The molecule has 5 fully saturated rings. The lowest BCUT2D eigenvalue weighted by Crippen LogP contribution is -2.23. The molecule has 0 aromatic carbocycles. The lowest BCUT2D eigenvalue weighted by molar-refractivity contribution is -0.130. The Hall–Kier alpha value is -0.700. The second-order valence-corrected chi connectivity index (χ2v) is 5.07. The molecule has 0 aromatic heterocycles. The molecule has 4 unspecified atom stereocenters. The van der Waals surface area contributed by atoms with Gasteiger partial charge >= 0.3 is 0 Å². The fraction of sp³-hybridized carbons (Fsp3) is 0.800. The maximum Gasteiger partial charge on any atom is 0.141 e. The van der Waals surface area contributed by atoms with Gasteiger partial charge in [-0.1, -0.05) is 0 Å². The van der Waals surface area contributed by atoms with E-state index < -0.39 is 0 Å². The highest BCUT2D eigenvalue weighted by molar-refractivity contribution is 6.10. The van der Waals surface area contributed by atoms with Crippen LogP contribution in [-0.2, 0) is 9.59 Å². The van der Waals surface area contributed by atoms with E-state index in [0.717, 1.165) is 6.42 Å². The first-order valence-corrected chi connectivity index (χ1v) is 4.91. The fourth-order valence-electron chi connectivity index (χ4n) is 4.16. The Bertz CT molecular complexity index is 331. The molecule has 0 heterocycles. The Morgan fingerprint density at radius 2 is 1.77 bits per heavy atom. The van der Waals surface area contributed by atoms with Crippen LogP contribution in [0.3, 0.4) is 0 Å². The van der Waals surface area contributed by atoms with Crippen LogP contribution in [0.1, 0.15) is 6.42 Å². The van der Waals surface area contributed by atoms with Crippen LogP contribution in [-0.4, -0.2) is 23.3 Å². The van der Waals surface area contributed by atoms with Gasteiger partial charge in [-0.15, -0.1) is 0 Å². The molecular formula is C10H10O3. The Morgan fingerprint density at radius 3 is 2.23 bits per heavy atom. The first-order chi connectivity index (χ1) is 6.22. The van der Waals surface area contributed by atoms with Crippen molar-refractivity contribution in [2.45, 2.75) is 6.42 Å². The van der Waals surface area contributed by atoms with Crippen molar-refractivity contribution in [3.05, 3.63) is 0 Å². The third-order valence-electron chi connectivity index (χ3n) is 4.81. The molecule has 0 spiro atoms. The number of ketones is 2. The van der Waals surface area contributed by atoms with Gasteiger partial charge in [0.2, 0.25) is 0 Å². The van der Waals surface area contributed by atoms with E-state index in [1.165, 1.54) is 0 Å². The van der Waals surface area contributed by atoms with Gasteiger partial charge in [-0.2, -0.15) is 0 Å². The molecule has 13 heavy (non-hydrogen) atoms. The lowest BCUT2D eigenvalue weighted by Gasteiger charge is -2.18. The molecule has 5 saturated carbocycles. The van der Waals surface area contributed by atoms with Gasteiger partial charge in [-0.05, 0) is 12.3 Å². The van der Waals surface area contributed by atoms with Crippen LogP contribution in [0.5, 0.6) is 0 Å². The van der Waals surface area contributed by atoms with Crippen molar-refractivity contribution in [1.82, 2.24) is 0 Å². The average Bonchev–Trinajstić information content (AvgIpc) is 2.94. The highest BCUT2D eigenvalue weighted by Gasteiger charge is 2.86. The molecule has 0 radical (unpaired) electrons. The first kappa shape index (κ1) is 6.71. The molecule has 0 amide bonds. The van der Waals surface area contributed by atoms with Crippen LogP contribution in [0.4, 0.5) is 0 Å². The van der Waals surface area contributed by atoms with Gasteiger partial charge in [0.05, 0.1) is 6.61 Å². The van der Waals surface area contributed by atoms with E-state index in [0.29, 0.717) is 17.5 Å². The first-order valence-electron chi connectivity index (χ1n) is 4.91. The third kappa shape index (κ3) is 0.437. The summed E-state index contributed by atoms with van der Waals surface area (Å²) in [7, 11) is 0. The summed E-state index contributed by atoms with van der Waals surface area (Å²) in [6.45, 7) is 0.0375. The predicted octanol–water partition coefficient (Wildman–Crippen LogP) is -0.371. The lowest BCUT2D eigenvalue weighted by atomic mass is 9.86. The van der Waals surface area contributed by atoms with E-state index in [-0.39, 0.29) is 35.7 Å². The van der Waals surface area contributed by atoms with E-state index in [1.807, 2.05) is 0 Å². The van der Waals surface area contributed by atoms with Crippen molar-refractivity contribution in [2.75, 3.05) is 6.61 Å². The molecule has 5 rings (SSSR count). The van der Waals surface area contributed by atoms with Gasteiger partial charge < -0.3 is 5.11 Å². The summed E-state index contributed by atoms with van der Waals surface area (Å²) in [5.41, 5.74) is -0.275. The molecule has 68 valence electrons. The number of Topliss-reactive ketones (excluding diaryl/α,β-unsaturated/α-hetero) is 2. The topological polar surface area (TPSA) is 54.4 Å². The summed E-state index contributed by atoms with van der Waals surface area (Å²) < 4.78 is 0. The number of rotatable bonds is 1. The molecule has 5 aliphatic carbocycles. The van der Waals surface area contributed by atoms with Gasteiger partial charge in [0, 0.05) is 29.1 Å². The monoisotopic (exact) mass is 178 g/mol. The van der Waals surface area contributed by atoms with Crippen molar-refractivity contribution in [2.24, 2.45) is 35.0 Å². The smallest absolute Gasteiger partial charge is 0.141 e. The number of aliphatic hydroxyl groups is 1. The van der Waals surface area contributed by atoms with Crippen molar-refractivity contribution in [3.63, 3.8) is 0 Å². The van der Waals surface area contributed by atoms with Crippen molar-refractivity contribution >= 4 is 11.6 Å². The fourth-order valence-corrected chi connectivity index (χ4v) is 4.16. The zero-order valence-electron chi connectivity index (χ0n) is 7.06. The minimum Gasteiger partial charge on any atom is -0.396 e. The minimum atomic E-state index is -0.275. The van der Waals surface area contributed by atoms with E-state index in [9.17, 15) is 14.7 Å². The largest absolute Gasteiger partial charge is 0.396 e. The molecule has 0 aliphatic heterocycles. The summed E-state index contributed by atoms with van der Waals surface area (Å²) in [6.07, 6.45) is 0.936. The summed E-state index contributed by atoms with van der Waals surface area (Å²) in [5, 5.41) is 9.25. The van der Waals surface area contributed by atoms with Crippen LogP contribution in [0.2, 0.25) is 0 Å². The standard InChI is InChI=1S/C10H10O3/c11-2-10-1-3-4-5(3)9(13)7(10)6(10)8(4)12/h3-7,11H,1-2H2. The van der Waals surface area contributed by atoms with Crippen LogP contribution >= 0.6 is 0 Å². The van der Waals surface area contributed by atoms with Crippen LogP contribution in [0.25, 0.3) is 0 Å². The van der Waals surface area contributed by atoms with Crippen molar-refractivity contribution in [3.8, 4) is 0 Å². The Labute approximate surface area is 75.1 Å². The van der Waals surface area contributed by atoms with Crippen LogP contribution < -0.4 is 0 Å². The quantitative estimate of drug-likeness (QED) is 0.596. The van der Waals surface area contributed by atoms with Crippen molar-refractivity contribution < 1.29 is 14.7 Å². The molecular weight excluding hydrogens is 168 g/mol. The maximum absolute atomic E-state index is 11.7. The number of carbonyl (C=O) groups is 2. The van der Waals surface area contributed by atoms with Crippen LogP contribution in [0.15, 0.2) is 0 Å². The molecule has 0 saturated heterocycles. The van der Waals surface area contributed by atoms with Crippen LogP contribution in [0, 0.1) is 35.0 Å². The normalized spacial score (nSPS) is 65.2. The van der Waals surface area contributed by atoms with E-state index >= 15 is 0 Å². The molecule has 1 N–H and O–H groups in total. The highest BCUT2D eigenvalue weighted by Crippen LogP contribution is 2.80. The predicted molar refractivity (Wildman–Crippen MR) is 41.6 cm³/mol. The highest BCUT2D eigenvalue weighted by atomic mass is 16.3. The maximum atomic E-state index is 11.7. The van der Waals surface area contributed by atoms with E-state index in [4.69, 9.17) is 0 Å². The summed E-state index contributed by atoms with van der Waals surface area (Å²) in [6, 6.07) is 0. The Balaban J connectivity index is 1.90. The van der Waals surface area contributed by atoms with Crippen molar-refractivity contribution in [1.29, 1.82) is 0 Å². The molecule has 4 atom stereocenters. The number of carbonyl (C=O) groups excluding carboxylic acids is 2. The van der Waals surface area contributed by atoms with Gasteiger partial charge in [0.15, 0.2) is 0 Å². The minimum absolute atomic E-state index is 0.0375. The Kier molecular flexibility index (Phi) is 0.773. The third-order valence-corrected chi connectivity index (χ3v) is 4.81. The average molecular weight is 178 g/mol. The SMILES string of the molecule is O=C1C2C3CC4(CO)C1C4C(=O)C32. The van der Waals surface area contributed by atoms with Gasteiger partial charge in [0.25, 0.3) is 0 Å². The zero-order chi connectivity index (χ0) is 8.96. The zero-order valence-corrected chi connectivity index (χ0v) is 7.06. The number of hydrogen-bond acceptors (Lipinski definition) is 3. The molecule has 5 aliphatic rings. The molecule has 3 heteroatoms. The second kappa shape index (κ2) is 1.50. The molecule has 3 nitrogen and oxygen atoms in total. The summed E-state index contributed by atoms with van der Waals surface area (Å²) >= 11 is 0.